The maximum absolute atomic E-state index is 11.1. The molecule has 1 atom stereocenters. The summed E-state index contributed by atoms with van der Waals surface area (Å²) in [5.41, 5.74) is 3.47. The average molecular weight is 335 g/mol. The number of ether oxygens (including phenoxy) is 1. The molecule has 1 saturated heterocycles. The van der Waals surface area contributed by atoms with Gasteiger partial charge in [0.2, 0.25) is 0 Å². The summed E-state index contributed by atoms with van der Waals surface area (Å²) >= 11 is 0. The van der Waals surface area contributed by atoms with Gasteiger partial charge in [0.25, 0.3) is 0 Å². The molecule has 0 aliphatic carbocycles. The number of hydrogen-bond acceptors (Lipinski definition) is 4. The highest BCUT2D eigenvalue weighted by atomic mass is 16.5. The molecule has 1 aromatic carbocycles. The van der Waals surface area contributed by atoms with Gasteiger partial charge in [-0.15, -0.1) is 0 Å². The SMILES string of the molecule is CC(=O)Oc1cccc(C2CCN(Cc3c[nH]c4ncccc34)C2)c1. The van der Waals surface area contributed by atoms with Crippen molar-refractivity contribution in [1.29, 1.82) is 0 Å². The number of fused-ring (bicyclic) bond motifs is 1. The Morgan fingerprint density at radius 3 is 3.16 bits per heavy atom. The first-order chi connectivity index (χ1) is 12.2. The standard InChI is InChI=1S/C20H21N3O2/c1-14(24)25-18-5-2-4-15(10-18)16-7-9-23(12-16)13-17-11-22-20-19(17)6-3-8-21-20/h2-6,8,10-11,16H,7,9,12-13H2,1H3,(H,21,22). The predicted octanol–water partition coefficient (Wildman–Crippen LogP) is 3.48. The number of carbonyl (C=O) groups is 1. The van der Waals surface area contributed by atoms with Gasteiger partial charge in [-0.3, -0.25) is 9.69 Å². The van der Waals surface area contributed by atoms with Crippen LogP contribution in [0.25, 0.3) is 11.0 Å². The minimum absolute atomic E-state index is 0.279. The molecule has 0 amide bonds. The zero-order valence-electron chi connectivity index (χ0n) is 14.2. The van der Waals surface area contributed by atoms with Crippen LogP contribution in [-0.2, 0) is 11.3 Å². The summed E-state index contributed by atoms with van der Waals surface area (Å²) in [6.07, 6.45) is 4.99. The molecule has 2 aromatic heterocycles. The van der Waals surface area contributed by atoms with E-state index in [0.29, 0.717) is 11.7 Å². The highest BCUT2D eigenvalue weighted by molar-refractivity contribution is 5.79. The van der Waals surface area contributed by atoms with Gasteiger partial charge in [0.05, 0.1) is 0 Å². The number of pyridine rings is 1. The summed E-state index contributed by atoms with van der Waals surface area (Å²) in [7, 11) is 0. The summed E-state index contributed by atoms with van der Waals surface area (Å²) in [4.78, 5) is 21.2. The Labute approximate surface area is 146 Å². The second-order valence-corrected chi connectivity index (χ2v) is 6.60. The third kappa shape index (κ3) is 3.42. The van der Waals surface area contributed by atoms with Gasteiger partial charge in [-0.2, -0.15) is 0 Å². The van der Waals surface area contributed by atoms with Crippen molar-refractivity contribution < 1.29 is 9.53 Å². The minimum atomic E-state index is -0.279. The number of nitrogens with one attached hydrogen (secondary N) is 1. The van der Waals surface area contributed by atoms with Crippen molar-refractivity contribution in [3.8, 4) is 5.75 Å². The van der Waals surface area contributed by atoms with Crippen molar-refractivity contribution >= 4 is 17.0 Å². The van der Waals surface area contributed by atoms with Gasteiger partial charge in [-0.25, -0.2) is 4.98 Å². The lowest BCUT2D eigenvalue weighted by Crippen LogP contribution is -2.19. The predicted molar refractivity (Wildman–Crippen MR) is 96.5 cm³/mol. The number of benzene rings is 1. The Hall–Kier alpha value is -2.66. The third-order valence-electron chi connectivity index (χ3n) is 4.79. The minimum Gasteiger partial charge on any atom is -0.427 e. The Balaban J connectivity index is 1.45. The topological polar surface area (TPSA) is 58.2 Å². The van der Waals surface area contributed by atoms with E-state index in [-0.39, 0.29) is 5.97 Å². The van der Waals surface area contributed by atoms with E-state index in [1.807, 2.05) is 30.5 Å². The molecular weight excluding hydrogens is 314 g/mol. The first-order valence-electron chi connectivity index (χ1n) is 8.61. The van der Waals surface area contributed by atoms with Crippen LogP contribution in [0.15, 0.2) is 48.8 Å². The highest BCUT2D eigenvalue weighted by Crippen LogP contribution is 2.31. The summed E-state index contributed by atoms with van der Waals surface area (Å²) in [5.74, 6) is 0.822. The molecule has 1 aliphatic rings. The Morgan fingerprint density at radius 2 is 2.28 bits per heavy atom. The van der Waals surface area contributed by atoms with E-state index in [9.17, 15) is 4.79 Å². The summed E-state index contributed by atoms with van der Waals surface area (Å²) in [6.45, 7) is 4.43. The molecule has 1 aliphatic heterocycles. The van der Waals surface area contributed by atoms with Crippen molar-refractivity contribution in [3.63, 3.8) is 0 Å². The fourth-order valence-corrected chi connectivity index (χ4v) is 3.63. The molecule has 1 N–H and O–H groups in total. The molecule has 5 heteroatoms. The molecule has 128 valence electrons. The number of nitrogens with zero attached hydrogens (tertiary/aromatic N) is 2. The van der Waals surface area contributed by atoms with Crippen LogP contribution in [0.5, 0.6) is 5.75 Å². The van der Waals surface area contributed by atoms with E-state index in [1.54, 1.807) is 0 Å². The van der Waals surface area contributed by atoms with Gasteiger partial charge in [0.15, 0.2) is 0 Å². The van der Waals surface area contributed by atoms with E-state index < -0.39 is 0 Å². The smallest absolute Gasteiger partial charge is 0.308 e. The Kier molecular flexibility index (Phi) is 4.24. The van der Waals surface area contributed by atoms with E-state index in [0.717, 1.165) is 31.7 Å². The van der Waals surface area contributed by atoms with Crippen molar-refractivity contribution in [2.45, 2.75) is 25.8 Å². The second-order valence-electron chi connectivity index (χ2n) is 6.60. The maximum Gasteiger partial charge on any atom is 0.308 e. The van der Waals surface area contributed by atoms with Crippen LogP contribution >= 0.6 is 0 Å². The monoisotopic (exact) mass is 335 g/mol. The number of hydrogen-bond donors (Lipinski definition) is 1. The van der Waals surface area contributed by atoms with E-state index in [4.69, 9.17) is 4.74 Å². The van der Waals surface area contributed by atoms with Gasteiger partial charge in [-0.1, -0.05) is 12.1 Å². The van der Waals surface area contributed by atoms with E-state index >= 15 is 0 Å². The van der Waals surface area contributed by atoms with Gasteiger partial charge >= 0.3 is 5.97 Å². The van der Waals surface area contributed by atoms with Crippen molar-refractivity contribution in [2.24, 2.45) is 0 Å². The summed E-state index contributed by atoms with van der Waals surface area (Å²) in [6, 6.07) is 12.0. The molecule has 0 bridgehead atoms. The molecule has 0 spiro atoms. The zero-order valence-corrected chi connectivity index (χ0v) is 14.2. The summed E-state index contributed by atoms with van der Waals surface area (Å²) in [5, 5.41) is 1.20. The fraction of sp³-hybridized carbons (Fsp3) is 0.300. The molecule has 0 radical (unpaired) electrons. The maximum atomic E-state index is 11.1. The van der Waals surface area contributed by atoms with E-state index in [1.165, 1.54) is 23.4 Å². The number of H-pyrrole nitrogens is 1. The highest BCUT2D eigenvalue weighted by Gasteiger charge is 2.24. The number of aromatic nitrogens is 2. The molecule has 3 aromatic rings. The normalized spacial score (nSPS) is 17.9. The number of carbonyl (C=O) groups excluding carboxylic acids is 1. The lowest BCUT2D eigenvalue weighted by atomic mass is 9.98. The molecule has 0 saturated carbocycles. The molecule has 1 unspecified atom stereocenters. The van der Waals surface area contributed by atoms with Crippen LogP contribution in [0, 0.1) is 0 Å². The molecule has 3 heterocycles. The largest absolute Gasteiger partial charge is 0.427 e. The Bertz CT molecular complexity index is 903. The molecule has 25 heavy (non-hydrogen) atoms. The number of rotatable bonds is 4. The lowest BCUT2D eigenvalue weighted by Gasteiger charge is -2.16. The lowest BCUT2D eigenvalue weighted by molar-refractivity contribution is -0.131. The molecule has 5 nitrogen and oxygen atoms in total. The third-order valence-corrected chi connectivity index (χ3v) is 4.79. The fourth-order valence-electron chi connectivity index (χ4n) is 3.63. The summed E-state index contributed by atoms with van der Waals surface area (Å²) < 4.78 is 5.21. The first kappa shape index (κ1) is 15.8. The van der Waals surface area contributed by atoms with Crippen LogP contribution in [-0.4, -0.2) is 33.9 Å². The van der Waals surface area contributed by atoms with Crippen molar-refractivity contribution in [2.75, 3.05) is 13.1 Å². The van der Waals surface area contributed by atoms with Gasteiger partial charge in [-0.05, 0) is 54.3 Å². The first-order valence-corrected chi connectivity index (χ1v) is 8.61. The van der Waals surface area contributed by atoms with Gasteiger partial charge in [0, 0.05) is 37.8 Å². The Morgan fingerprint density at radius 1 is 1.36 bits per heavy atom. The van der Waals surface area contributed by atoms with Gasteiger partial charge < -0.3 is 9.72 Å². The number of likely N-dealkylation sites (tertiary alicyclic amines) is 1. The molecular formula is C20H21N3O2. The van der Waals surface area contributed by atoms with Crippen LogP contribution in [0.3, 0.4) is 0 Å². The zero-order chi connectivity index (χ0) is 17.2. The molecule has 4 rings (SSSR count). The quantitative estimate of drug-likeness (QED) is 0.586. The van der Waals surface area contributed by atoms with Crippen molar-refractivity contribution in [1.82, 2.24) is 14.9 Å². The van der Waals surface area contributed by atoms with Crippen LogP contribution in [0.1, 0.15) is 30.4 Å². The van der Waals surface area contributed by atoms with Crippen LogP contribution in [0.2, 0.25) is 0 Å². The van der Waals surface area contributed by atoms with Crippen LogP contribution < -0.4 is 4.74 Å². The average Bonchev–Trinajstić information content (AvgIpc) is 3.23. The second kappa shape index (κ2) is 6.69. The van der Waals surface area contributed by atoms with Crippen LogP contribution in [0.4, 0.5) is 0 Å². The number of esters is 1. The number of aromatic amines is 1. The van der Waals surface area contributed by atoms with Crippen molar-refractivity contribution in [3.05, 3.63) is 59.9 Å². The van der Waals surface area contributed by atoms with Gasteiger partial charge in [0.1, 0.15) is 11.4 Å². The van der Waals surface area contributed by atoms with E-state index in [2.05, 4.69) is 33.2 Å². The molecule has 1 fully saturated rings.